The maximum absolute atomic E-state index is 6.18. The highest BCUT2D eigenvalue weighted by molar-refractivity contribution is 6.07. The van der Waals surface area contributed by atoms with Gasteiger partial charge in [-0.1, -0.05) is 19.4 Å². The van der Waals surface area contributed by atoms with Gasteiger partial charge in [0.2, 0.25) is 0 Å². The van der Waals surface area contributed by atoms with Crippen molar-refractivity contribution in [1.82, 2.24) is 15.2 Å². The molecule has 0 aliphatic heterocycles. The lowest BCUT2D eigenvalue weighted by Gasteiger charge is -2.31. The Hall–Kier alpha value is -2.11. The smallest absolute Gasteiger partial charge is 0.147 e. The van der Waals surface area contributed by atoms with Crippen LogP contribution < -0.4 is 11.1 Å². The maximum atomic E-state index is 6.18. The second-order valence-electron chi connectivity index (χ2n) is 8.99. The maximum Gasteiger partial charge on any atom is 0.147 e. The van der Waals surface area contributed by atoms with Gasteiger partial charge in [-0.25, -0.2) is 4.98 Å². The number of rotatable bonds is 9. The molecule has 5 heteroatoms. The number of aromatic nitrogens is 1. The van der Waals surface area contributed by atoms with E-state index >= 15 is 0 Å². The largest absolute Gasteiger partial charge is 0.459 e. The fourth-order valence-corrected chi connectivity index (χ4v) is 3.57. The highest BCUT2D eigenvalue weighted by Gasteiger charge is 2.16. The summed E-state index contributed by atoms with van der Waals surface area (Å²) in [5.74, 6) is 1.44. The molecule has 0 bridgehead atoms. The quantitative estimate of drug-likeness (QED) is 0.492. The minimum absolute atomic E-state index is 0.243. The molecule has 1 aromatic carbocycles. The van der Waals surface area contributed by atoms with Gasteiger partial charge in [0, 0.05) is 10.9 Å². The van der Waals surface area contributed by atoms with Crippen molar-refractivity contribution < 1.29 is 4.42 Å². The predicted molar refractivity (Wildman–Crippen MR) is 123 cm³/mol. The number of nitrogens with zero attached hydrogens (tertiary/aromatic N) is 2. The number of nitrogens with one attached hydrogen (secondary N) is 1. The molecule has 0 unspecified atom stereocenters. The van der Waals surface area contributed by atoms with Gasteiger partial charge in [0.25, 0.3) is 0 Å². The number of anilines is 1. The van der Waals surface area contributed by atoms with Gasteiger partial charge in [-0.2, -0.15) is 0 Å². The van der Waals surface area contributed by atoms with E-state index in [4.69, 9.17) is 10.2 Å². The van der Waals surface area contributed by atoms with E-state index in [1.54, 1.807) is 0 Å². The van der Waals surface area contributed by atoms with E-state index < -0.39 is 0 Å². The van der Waals surface area contributed by atoms with E-state index in [9.17, 15) is 0 Å². The van der Waals surface area contributed by atoms with Crippen LogP contribution >= 0.6 is 0 Å². The molecule has 0 saturated carbocycles. The third-order valence-electron chi connectivity index (χ3n) is 5.76. The summed E-state index contributed by atoms with van der Waals surface area (Å²) in [6.45, 7) is 11.6. The zero-order valence-electron chi connectivity index (χ0n) is 18.6. The second-order valence-corrected chi connectivity index (χ2v) is 8.99. The number of nitrogens with two attached hydrogens (primary N) is 1. The van der Waals surface area contributed by atoms with Crippen molar-refractivity contribution in [3.05, 3.63) is 35.6 Å². The third-order valence-corrected chi connectivity index (χ3v) is 5.76. The first-order valence-corrected chi connectivity index (χ1v) is 10.8. The van der Waals surface area contributed by atoms with E-state index in [0.717, 1.165) is 47.1 Å². The highest BCUT2D eigenvalue weighted by Crippen LogP contribution is 2.31. The number of unbranched alkanes of at least 4 members (excludes halogenated alkanes) is 2. The van der Waals surface area contributed by atoms with Gasteiger partial charge < -0.3 is 20.4 Å². The van der Waals surface area contributed by atoms with Crippen LogP contribution in [0.1, 0.15) is 58.3 Å². The van der Waals surface area contributed by atoms with Crippen LogP contribution in [0.3, 0.4) is 0 Å². The van der Waals surface area contributed by atoms with Crippen LogP contribution in [0.25, 0.3) is 21.9 Å². The Morgan fingerprint density at radius 1 is 1.10 bits per heavy atom. The topological polar surface area (TPSA) is 67.3 Å². The molecule has 0 atom stereocenters. The Morgan fingerprint density at radius 3 is 2.62 bits per heavy atom. The SMILES string of the molecule is CCNCc1cc2c(N)nc3ccc(CCCCCN(C)C(C)(C)C)cc3c2o1. The third kappa shape index (κ3) is 5.28. The summed E-state index contributed by atoms with van der Waals surface area (Å²) in [4.78, 5) is 7.01. The first kappa shape index (κ1) is 21.6. The van der Waals surface area contributed by atoms with E-state index in [0.29, 0.717) is 12.4 Å². The van der Waals surface area contributed by atoms with Gasteiger partial charge in [0.15, 0.2) is 0 Å². The first-order valence-electron chi connectivity index (χ1n) is 10.8. The van der Waals surface area contributed by atoms with Crippen LogP contribution in [0, 0.1) is 0 Å². The lowest BCUT2D eigenvalue weighted by Crippen LogP contribution is -2.38. The van der Waals surface area contributed by atoms with Crippen LogP contribution in [0.2, 0.25) is 0 Å². The minimum Gasteiger partial charge on any atom is -0.459 e. The molecule has 0 amide bonds. The van der Waals surface area contributed by atoms with Crippen LogP contribution in [0.4, 0.5) is 5.82 Å². The number of benzene rings is 1. The van der Waals surface area contributed by atoms with Gasteiger partial charge in [0.05, 0.1) is 17.4 Å². The summed E-state index contributed by atoms with van der Waals surface area (Å²) < 4.78 is 6.13. The van der Waals surface area contributed by atoms with Crippen molar-refractivity contribution >= 4 is 27.7 Å². The molecule has 3 N–H and O–H groups in total. The van der Waals surface area contributed by atoms with Gasteiger partial charge in [-0.05, 0) is 83.9 Å². The van der Waals surface area contributed by atoms with Crippen molar-refractivity contribution in [2.75, 3.05) is 25.9 Å². The monoisotopic (exact) mass is 396 g/mol. The molecule has 2 heterocycles. The summed E-state index contributed by atoms with van der Waals surface area (Å²) >= 11 is 0. The van der Waals surface area contributed by atoms with Crippen LogP contribution in [-0.4, -0.2) is 35.6 Å². The van der Waals surface area contributed by atoms with Gasteiger partial charge in [-0.15, -0.1) is 0 Å². The molecule has 3 aromatic rings. The number of nitrogen functional groups attached to an aromatic ring is 1. The molecule has 29 heavy (non-hydrogen) atoms. The molecule has 0 fully saturated rings. The van der Waals surface area contributed by atoms with E-state index in [-0.39, 0.29) is 5.54 Å². The predicted octanol–water partition coefficient (Wildman–Crippen LogP) is 5.12. The van der Waals surface area contributed by atoms with Gasteiger partial charge in [0.1, 0.15) is 17.2 Å². The molecule has 3 rings (SSSR count). The van der Waals surface area contributed by atoms with Crippen LogP contribution in [0.15, 0.2) is 28.7 Å². The number of pyridine rings is 1. The Labute approximate surface area is 174 Å². The van der Waals surface area contributed by atoms with Crippen molar-refractivity contribution in [3.63, 3.8) is 0 Å². The van der Waals surface area contributed by atoms with Crippen molar-refractivity contribution in [2.24, 2.45) is 0 Å². The molecule has 2 aromatic heterocycles. The van der Waals surface area contributed by atoms with Crippen LogP contribution in [-0.2, 0) is 13.0 Å². The fraction of sp³-hybridized carbons (Fsp3) is 0.542. The zero-order chi connectivity index (χ0) is 21.0. The average molecular weight is 397 g/mol. The first-order chi connectivity index (χ1) is 13.8. The number of hydrogen-bond acceptors (Lipinski definition) is 5. The Kier molecular flexibility index (Phi) is 6.81. The molecule has 0 saturated heterocycles. The second kappa shape index (κ2) is 9.14. The molecule has 5 nitrogen and oxygen atoms in total. The lowest BCUT2D eigenvalue weighted by atomic mass is 10.0. The summed E-state index contributed by atoms with van der Waals surface area (Å²) in [7, 11) is 2.21. The zero-order valence-corrected chi connectivity index (χ0v) is 18.6. The Balaban J connectivity index is 1.69. The van der Waals surface area contributed by atoms with E-state index in [2.05, 4.69) is 68.1 Å². The molecular formula is C24H36N4O. The number of hydrogen-bond donors (Lipinski definition) is 2. The molecular weight excluding hydrogens is 360 g/mol. The van der Waals surface area contributed by atoms with Crippen LogP contribution in [0.5, 0.6) is 0 Å². The summed E-state index contributed by atoms with van der Waals surface area (Å²) in [6.07, 6.45) is 4.74. The van der Waals surface area contributed by atoms with Crippen molar-refractivity contribution in [2.45, 2.75) is 65.5 Å². The Bertz CT molecular complexity index is 955. The average Bonchev–Trinajstić information content (AvgIpc) is 3.11. The molecule has 0 spiro atoms. The number of fused-ring (bicyclic) bond motifs is 3. The summed E-state index contributed by atoms with van der Waals surface area (Å²) in [6, 6.07) is 8.48. The minimum atomic E-state index is 0.243. The standard InChI is InChI=1S/C24H36N4O/c1-6-26-16-18-15-20-22(29-18)19-14-17(11-12-21(19)27-23(20)25)10-8-7-9-13-28(5)24(2,3)4/h11-12,14-15,26H,6-10,13,16H2,1-5H3,(H2,25,27). The highest BCUT2D eigenvalue weighted by atomic mass is 16.3. The van der Waals surface area contributed by atoms with Gasteiger partial charge in [-0.3, -0.25) is 0 Å². The van der Waals surface area contributed by atoms with Crippen molar-refractivity contribution in [3.8, 4) is 0 Å². The Morgan fingerprint density at radius 2 is 1.90 bits per heavy atom. The van der Waals surface area contributed by atoms with E-state index in [1.807, 2.05) is 6.07 Å². The number of furan rings is 1. The molecule has 0 radical (unpaired) electrons. The fourth-order valence-electron chi connectivity index (χ4n) is 3.57. The molecule has 0 aliphatic carbocycles. The summed E-state index contributed by atoms with van der Waals surface area (Å²) in [5, 5.41) is 5.27. The number of aryl methyl sites for hydroxylation is 1. The van der Waals surface area contributed by atoms with E-state index in [1.165, 1.54) is 24.8 Å². The molecule has 158 valence electrons. The molecule has 0 aliphatic rings. The lowest BCUT2D eigenvalue weighted by molar-refractivity contribution is 0.172. The van der Waals surface area contributed by atoms with Crippen molar-refractivity contribution in [1.29, 1.82) is 0 Å². The van der Waals surface area contributed by atoms with Gasteiger partial charge >= 0.3 is 0 Å². The summed E-state index contributed by atoms with van der Waals surface area (Å²) in [5.41, 5.74) is 9.50. The normalized spacial score (nSPS) is 12.5.